The van der Waals surface area contributed by atoms with E-state index in [9.17, 15) is 9.59 Å². The van der Waals surface area contributed by atoms with Crippen LogP contribution in [0.2, 0.25) is 0 Å². The van der Waals surface area contributed by atoms with Gasteiger partial charge in [-0.3, -0.25) is 4.79 Å². The van der Waals surface area contributed by atoms with Crippen molar-refractivity contribution in [3.05, 3.63) is 59.9 Å². The van der Waals surface area contributed by atoms with Crippen molar-refractivity contribution >= 4 is 17.6 Å². The van der Waals surface area contributed by atoms with Crippen LogP contribution in [0.25, 0.3) is 0 Å². The molecule has 0 atom stereocenters. The van der Waals surface area contributed by atoms with Gasteiger partial charge in [0.05, 0.1) is 23.9 Å². The van der Waals surface area contributed by atoms with Gasteiger partial charge in [0.25, 0.3) is 5.91 Å². The van der Waals surface area contributed by atoms with Crippen molar-refractivity contribution in [3.8, 4) is 0 Å². The number of hydrogen-bond donors (Lipinski definition) is 1. The number of pyridine rings is 1. The van der Waals surface area contributed by atoms with Crippen LogP contribution >= 0.6 is 0 Å². The summed E-state index contributed by atoms with van der Waals surface area (Å²) in [5.74, 6) is -0.762. The highest BCUT2D eigenvalue weighted by atomic mass is 16.5. The first-order valence-corrected chi connectivity index (χ1v) is 6.06. The lowest BCUT2D eigenvalue weighted by Gasteiger charge is -2.09. The SMILES string of the molecule is COC(=O)c1ccccc1NC(=O)c1cc[n+](C)cc1. The number of benzene rings is 1. The molecule has 2 rings (SSSR count). The maximum absolute atomic E-state index is 12.1. The van der Waals surface area contributed by atoms with Gasteiger partial charge in [-0.15, -0.1) is 0 Å². The Kier molecular flexibility index (Phi) is 4.10. The molecule has 1 aromatic carbocycles. The first-order chi connectivity index (χ1) is 9.61. The van der Waals surface area contributed by atoms with Crippen molar-refractivity contribution < 1.29 is 18.9 Å². The Morgan fingerprint density at radius 1 is 1.10 bits per heavy atom. The fourth-order valence-electron chi connectivity index (χ4n) is 1.73. The number of aromatic nitrogens is 1. The summed E-state index contributed by atoms with van der Waals surface area (Å²) >= 11 is 0. The molecule has 1 aromatic heterocycles. The zero-order chi connectivity index (χ0) is 14.5. The number of nitrogens with one attached hydrogen (secondary N) is 1. The van der Waals surface area contributed by atoms with Gasteiger partial charge in [-0.2, -0.15) is 0 Å². The molecule has 102 valence electrons. The zero-order valence-electron chi connectivity index (χ0n) is 11.3. The van der Waals surface area contributed by atoms with Gasteiger partial charge in [0.15, 0.2) is 12.4 Å². The number of carbonyl (C=O) groups is 2. The van der Waals surface area contributed by atoms with Crippen LogP contribution in [0.1, 0.15) is 20.7 Å². The van der Waals surface area contributed by atoms with Crippen LogP contribution in [-0.4, -0.2) is 19.0 Å². The maximum atomic E-state index is 12.1. The van der Waals surface area contributed by atoms with Gasteiger partial charge in [-0.1, -0.05) is 12.1 Å². The Morgan fingerprint density at radius 3 is 2.40 bits per heavy atom. The first kappa shape index (κ1) is 13.7. The topological polar surface area (TPSA) is 59.3 Å². The summed E-state index contributed by atoms with van der Waals surface area (Å²) in [7, 11) is 3.17. The normalized spacial score (nSPS) is 9.90. The summed E-state index contributed by atoms with van der Waals surface area (Å²) in [5, 5.41) is 2.71. The van der Waals surface area contributed by atoms with Crippen molar-refractivity contribution in [1.29, 1.82) is 0 Å². The van der Waals surface area contributed by atoms with Crippen molar-refractivity contribution in [2.45, 2.75) is 0 Å². The van der Waals surface area contributed by atoms with Crippen molar-refractivity contribution in [2.75, 3.05) is 12.4 Å². The van der Waals surface area contributed by atoms with E-state index in [1.807, 2.05) is 11.6 Å². The summed E-state index contributed by atoms with van der Waals surface area (Å²) in [6.45, 7) is 0. The monoisotopic (exact) mass is 271 g/mol. The smallest absolute Gasteiger partial charge is 0.339 e. The first-order valence-electron chi connectivity index (χ1n) is 6.06. The molecule has 0 radical (unpaired) electrons. The fourth-order valence-corrected chi connectivity index (χ4v) is 1.73. The number of carbonyl (C=O) groups excluding carboxylic acids is 2. The van der Waals surface area contributed by atoms with Gasteiger partial charge in [0.1, 0.15) is 7.05 Å². The minimum atomic E-state index is -0.486. The quantitative estimate of drug-likeness (QED) is 0.680. The lowest BCUT2D eigenvalue weighted by Crippen LogP contribution is -2.27. The lowest BCUT2D eigenvalue weighted by atomic mass is 10.1. The van der Waals surface area contributed by atoms with Crippen LogP contribution in [0.5, 0.6) is 0 Å². The number of rotatable bonds is 3. The van der Waals surface area contributed by atoms with E-state index in [0.29, 0.717) is 16.8 Å². The average molecular weight is 271 g/mol. The number of amides is 1. The molecule has 1 N–H and O–H groups in total. The van der Waals surface area contributed by atoms with Crippen LogP contribution in [0.15, 0.2) is 48.8 Å². The Hall–Kier alpha value is -2.69. The molecule has 5 heteroatoms. The second kappa shape index (κ2) is 5.97. The molecule has 20 heavy (non-hydrogen) atoms. The van der Waals surface area contributed by atoms with Gasteiger partial charge in [-0.05, 0) is 12.1 Å². The second-order valence-corrected chi connectivity index (χ2v) is 4.24. The van der Waals surface area contributed by atoms with Crippen LogP contribution in [0, 0.1) is 0 Å². The summed E-state index contributed by atoms with van der Waals surface area (Å²) in [4.78, 5) is 23.7. The molecule has 0 saturated carbocycles. The summed E-state index contributed by atoms with van der Waals surface area (Å²) in [6, 6.07) is 10.1. The van der Waals surface area contributed by atoms with E-state index in [2.05, 4.69) is 10.1 Å². The molecular formula is C15H15N2O3+. The summed E-state index contributed by atoms with van der Waals surface area (Å²) in [5.41, 5.74) is 1.27. The van der Waals surface area contributed by atoms with Gasteiger partial charge in [0, 0.05) is 12.1 Å². The highest BCUT2D eigenvalue weighted by Crippen LogP contribution is 2.16. The number of ether oxygens (including phenoxy) is 1. The molecule has 0 fully saturated rings. The van der Waals surface area contributed by atoms with E-state index in [4.69, 9.17) is 0 Å². The molecule has 0 bridgehead atoms. The molecule has 0 aliphatic rings. The fraction of sp³-hybridized carbons (Fsp3) is 0.133. The van der Waals surface area contributed by atoms with Crippen molar-refractivity contribution in [2.24, 2.45) is 7.05 Å². The maximum Gasteiger partial charge on any atom is 0.339 e. The molecule has 0 saturated heterocycles. The van der Waals surface area contributed by atoms with Gasteiger partial charge in [-0.25, -0.2) is 9.36 Å². The van der Waals surface area contributed by atoms with E-state index in [1.165, 1.54) is 7.11 Å². The largest absolute Gasteiger partial charge is 0.465 e. The predicted molar refractivity (Wildman–Crippen MR) is 73.4 cm³/mol. The average Bonchev–Trinajstić information content (AvgIpc) is 2.47. The number of hydrogen-bond acceptors (Lipinski definition) is 3. The zero-order valence-corrected chi connectivity index (χ0v) is 11.3. The van der Waals surface area contributed by atoms with E-state index in [0.717, 1.165) is 0 Å². The number of aryl methyl sites for hydroxylation is 1. The molecule has 0 aliphatic carbocycles. The Bertz CT molecular complexity index is 636. The molecule has 0 spiro atoms. The van der Waals surface area contributed by atoms with E-state index >= 15 is 0 Å². The summed E-state index contributed by atoms with van der Waals surface area (Å²) in [6.07, 6.45) is 3.56. The number of methoxy groups -OCH3 is 1. The second-order valence-electron chi connectivity index (χ2n) is 4.24. The lowest BCUT2D eigenvalue weighted by molar-refractivity contribution is -0.671. The van der Waals surface area contributed by atoms with Gasteiger partial charge >= 0.3 is 5.97 Å². The Morgan fingerprint density at radius 2 is 1.75 bits per heavy atom. The van der Waals surface area contributed by atoms with Crippen LogP contribution in [0.4, 0.5) is 5.69 Å². The number of esters is 1. The minimum absolute atomic E-state index is 0.276. The van der Waals surface area contributed by atoms with Gasteiger partial charge < -0.3 is 10.1 Å². The molecule has 1 heterocycles. The van der Waals surface area contributed by atoms with Crippen LogP contribution in [0.3, 0.4) is 0 Å². The van der Waals surface area contributed by atoms with Crippen molar-refractivity contribution in [3.63, 3.8) is 0 Å². The summed E-state index contributed by atoms with van der Waals surface area (Å²) < 4.78 is 6.52. The third-order valence-corrected chi connectivity index (χ3v) is 2.82. The van der Waals surface area contributed by atoms with Crippen LogP contribution in [-0.2, 0) is 11.8 Å². The molecule has 0 aliphatic heterocycles. The number of nitrogens with zero attached hydrogens (tertiary/aromatic N) is 1. The number of anilines is 1. The Balaban J connectivity index is 2.24. The third-order valence-electron chi connectivity index (χ3n) is 2.82. The predicted octanol–water partition coefficient (Wildman–Crippen LogP) is 1.55. The third kappa shape index (κ3) is 3.00. The molecule has 5 nitrogen and oxygen atoms in total. The van der Waals surface area contributed by atoms with E-state index < -0.39 is 5.97 Å². The number of para-hydroxylation sites is 1. The van der Waals surface area contributed by atoms with E-state index in [-0.39, 0.29) is 5.91 Å². The van der Waals surface area contributed by atoms with E-state index in [1.54, 1.807) is 48.8 Å². The van der Waals surface area contributed by atoms with Crippen molar-refractivity contribution in [1.82, 2.24) is 0 Å². The standard InChI is InChI=1S/C15H14N2O3/c1-17-9-7-11(8-10-17)14(18)16-13-6-4-3-5-12(13)15(19)20-2/h3-10H,1-2H3/p+1. The van der Waals surface area contributed by atoms with Gasteiger partial charge in [0.2, 0.25) is 0 Å². The highest BCUT2D eigenvalue weighted by Gasteiger charge is 2.14. The van der Waals surface area contributed by atoms with Crippen LogP contribution < -0.4 is 9.88 Å². The Labute approximate surface area is 116 Å². The minimum Gasteiger partial charge on any atom is -0.465 e. The molecule has 1 amide bonds. The molecular weight excluding hydrogens is 256 g/mol. The molecule has 2 aromatic rings. The molecule has 0 unspecified atom stereocenters. The highest BCUT2D eigenvalue weighted by molar-refractivity contribution is 6.07.